The zero-order valence-electron chi connectivity index (χ0n) is 26.9. The average molecular weight is 667 g/mol. The SMILES string of the molecule is COc1ccc(CCN(C)c2cc(Cl)nc(SCc3cccc(C(=O)N(CCc4ccccc4)Cc4ccccc4)c3)n2)cc1OC. The smallest absolute Gasteiger partial charge is 0.254 e. The summed E-state index contributed by atoms with van der Waals surface area (Å²) < 4.78 is 10.8. The van der Waals surface area contributed by atoms with E-state index in [4.69, 9.17) is 26.1 Å². The molecule has 5 aromatic rings. The lowest BCUT2D eigenvalue weighted by Gasteiger charge is -2.23. The number of hydrogen-bond donors (Lipinski definition) is 0. The third-order valence-corrected chi connectivity index (χ3v) is 8.91. The molecule has 1 amide bonds. The molecule has 4 aromatic carbocycles. The highest BCUT2D eigenvalue weighted by Crippen LogP contribution is 2.29. The summed E-state index contributed by atoms with van der Waals surface area (Å²) in [6, 6.07) is 35.9. The van der Waals surface area contributed by atoms with Crippen molar-refractivity contribution in [2.24, 2.45) is 0 Å². The number of methoxy groups -OCH3 is 2. The predicted octanol–water partition coefficient (Wildman–Crippen LogP) is 8.00. The molecule has 0 unspecified atom stereocenters. The molecule has 0 aliphatic carbocycles. The van der Waals surface area contributed by atoms with Crippen molar-refractivity contribution in [2.75, 3.05) is 39.3 Å². The van der Waals surface area contributed by atoms with Crippen LogP contribution < -0.4 is 14.4 Å². The Labute approximate surface area is 286 Å². The highest BCUT2D eigenvalue weighted by Gasteiger charge is 2.17. The second-order valence-corrected chi connectivity index (χ2v) is 12.5. The van der Waals surface area contributed by atoms with Crippen molar-refractivity contribution in [2.45, 2.75) is 30.3 Å². The van der Waals surface area contributed by atoms with E-state index in [9.17, 15) is 4.79 Å². The number of likely N-dealkylation sites (N-methyl/N-ethyl adjacent to an activating group) is 1. The largest absolute Gasteiger partial charge is 0.493 e. The van der Waals surface area contributed by atoms with Gasteiger partial charge in [-0.25, -0.2) is 9.97 Å². The fourth-order valence-electron chi connectivity index (χ4n) is 5.18. The van der Waals surface area contributed by atoms with Gasteiger partial charge in [0.2, 0.25) is 0 Å². The molecular weight excluding hydrogens is 628 g/mol. The van der Waals surface area contributed by atoms with Crippen molar-refractivity contribution in [1.82, 2.24) is 14.9 Å². The second kappa shape index (κ2) is 16.9. The third-order valence-electron chi connectivity index (χ3n) is 7.79. The summed E-state index contributed by atoms with van der Waals surface area (Å²) in [5.41, 5.74) is 5.10. The Hall–Kier alpha value is -4.53. The van der Waals surface area contributed by atoms with E-state index in [0.29, 0.717) is 46.2 Å². The van der Waals surface area contributed by atoms with Gasteiger partial charge in [-0.1, -0.05) is 102 Å². The fourth-order valence-corrected chi connectivity index (χ4v) is 6.21. The van der Waals surface area contributed by atoms with Gasteiger partial charge in [-0.2, -0.15) is 0 Å². The van der Waals surface area contributed by atoms with Crippen molar-refractivity contribution < 1.29 is 14.3 Å². The van der Waals surface area contributed by atoms with Crippen LogP contribution >= 0.6 is 23.4 Å². The summed E-state index contributed by atoms with van der Waals surface area (Å²) >= 11 is 7.93. The third kappa shape index (κ3) is 9.73. The van der Waals surface area contributed by atoms with E-state index in [1.165, 1.54) is 17.3 Å². The second-order valence-electron chi connectivity index (χ2n) is 11.1. The van der Waals surface area contributed by atoms with E-state index < -0.39 is 0 Å². The van der Waals surface area contributed by atoms with Crippen LogP contribution in [0, 0.1) is 0 Å². The molecule has 0 radical (unpaired) electrons. The number of aromatic nitrogens is 2. The maximum atomic E-state index is 13.9. The molecular formula is C38H39ClN4O3S. The van der Waals surface area contributed by atoms with Gasteiger partial charge in [0.25, 0.3) is 5.91 Å². The molecule has 0 atom stereocenters. The summed E-state index contributed by atoms with van der Waals surface area (Å²) in [4.78, 5) is 27.1. The number of carbonyl (C=O) groups excluding carboxylic acids is 1. The molecule has 0 saturated carbocycles. The predicted molar refractivity (Wildman–Crippen MR) is 191 cm³/mol. The minimum absolute atomic E-state index is 0.00836. The quantitative estimate of drug-likeness (QED) is 0.0637. The van der Waals surface area contributed by atoms with Crippen LogP contribution in [0.5, 0.6) is 11.5 Å². The van der Waals surface area contributed by atoms with E-state index in [0.717, 1.165) is 41.9 Å². The number of anilines is 1. The first-order valence-electron chi connectivity index (χ1n) is 15.5. The first-order valence-corrected chi connectivity index (χ1v) is 16.8. The van der Waals surface area contributed by atoms with Crippen molar-refractivity contribution in [3.8, 4) is 11.5 Å². The van der Waals surface area contributed by atoms with Crippen LogP contribution in [-0.2, 0) is 25.1 Å². The van der Waals surface area contributed by atoms with Crippen molar-refractivity contribution in [1.29, 1.82) is 0 Å². The fraction of sp³-hybridized carbons (Fsp3) is 0.237. The number of carbonyl (C=O) groups is 1. The summed E-state index contributed by atoms with van der Waals surface area (Å²) in [6.45, 7) is 1.89. The molecule has 0 N–H and O–H groups in total. The molecule has 1 aromatic heterocycles. The maximum absolute atomic E-state index is 13.9. The van der Waals surface area contributed by atoms with E-state index in [-0.39, 0.29) is 5.91 Å². The number of hydrogen-bond acceptors (Lipinski definition) is 7. The topological polar surface area (TPSA) is 67.8 Å². The lowest BCUT2D eigenvalue weighted by molar-refractivity contribution is 0.0745. The number of thioether (sulfide) groups is 1. The molecule has 47 heavy (non-hydrogen) atoms. The molecule has 0 aliphatic rings. The first kappa shape index (κ1) is 33.8. The number of benzene rings is 4. The lowest BCUT2D eigenvalue weighted by Crippen LogP contribution is -2.32. The molecule has 0 saturated heterocycles. The van der Waals surface area contributed by atoms with Gasteiger partial charge >= 0.3 is 0 Å². The highest BCUT2D eigenvalue weighted by atomic mass is 35.5. The number of nitrogens with zero attached hydrogens (tertiary/aromatic N) is 4. The minimum atomic E-state index is 0.00836. The monoisotopic (exact) mass is 666 g/mol. The Balaban J connectivity index is 1.23. The zero-order chi connectivity index (χ0) is 33.0. The first-order chi connectivity index (χ1) is 22.9. The van der Waals surface area contributed by atoms with Crippen molar-refractivity contribution in [3.63, 3.8) is 0 Å². The van der Waals surface area contributed by atoms with Gasteiger partial charge in [0, 0.05) is 44.1 Å². The van der Waals surface area contributed by atoms with E-state index in [2.05, 4.69) is 34.1 Å². The molecule has 0 fully saturated rings. The molecule has 7 nitrogen and oxygen atoms in total. The van der Waals surface area contributed by atoms with Crippen LogP contribution in [0.2, 0.25) is 5.15 Å². The van der Waals surface area contributed by atoms with E-state index in [1.54, 1.807) is 20.3 Å². The number of amides is 1. The van der Waals surface area contributed by atoms with Crippen molar-refractivity contribution >= 4 is 35.1 Å². The standard InChI is InChI=1S/C38H39ClN4O3S/c1-42(21-19-29-17-18-33(45-2)34(24-29)46-3)36-25-35(39)40-38(41-36)47-27-31-15-10-16-32(23-31)37(44)43(26-30-13-8-5-9-14-30)22-20-28-11-6-4-7-12-28/h4-18,23-25H,19-22,26-27H2,1-3H3. The van der Waals surface area contributed by atoms with Gasteiger partial charge in [0.15, 0.2) is 16.7 Å². The molecule has 1 heterocycles. The Bertz CT molecular complexity index is 1760. The number of ether oxygens (including phenoxy) is 2. The van der Waals surface area contributed by atoms with Crippen LogP contribution in [0.25, 0.3) is 0 Å². The Morgan fingerprint density at radius 3 is 2.13 bits per heavy atom. The minimum Gasteiger partial charge on any atom is -0.493 e. The average Bonchev–Trinajstić information content (AvgIpc) is 3.11. The van der Waals surface area contributed by atoms with Gasteiger partial charge in [-0.05, 0) is 59.4 Å². The highest BCUT2D eigenvalue weighted by molar-refractivity contribution is 7.98. The molecule has 0 bridgehead atoms. The van der Waals surface area contributed by atoms with Crippen LogP contribution in [0.1, 0.15) is 32.6 Å². The molecule has 242 valence electrons. The van der Waals surface area contributed by atoms with Crippen LogP contribution in [-0.4, -0.2) is 55.1 Å². The van der Waals surface area contributed by atoms with E-state index >= 15 is 0 Å². The van der Waals surface area contributed by atoms with Crippen LogP contribution in [0.4, 0.5) is 5.82 Å². The van der Waals surface area contributed by atoms with Gasteiger partial charge in [-0.3, -0.25) is 4.79 Å². The van der Waals surface area contributed by atoms with Gasteiger partial charge in [0.05, 0.1) is 14.2 Å². The van der Waals surface area contributed by atoms with Crippen LogP contribution in [0.3, 0.4) is 0 Å². The van der Waals surface area contributed by atoms with Gasteiger partial charge in [-0.15, -0.1) is 0 Å². The number of rotatable bonds is 15. The molecule has 9 heteroatoms. The van der Waals surface area contributed by atoms with Gasteiger partial charge < -0.3 is 19.3 Å². The molecule has 5 rings (SSSR count). The van der Waals surface area contributed by atoms with Crippen LogP contribution in [0.15, 0.2) is 114 Å². The molecule has 0 aliphatic heterocycles. The van der Waals surface area contributed by atoms with E-state index in [1.807, 2.05) is 90.8 Å². The summed E-state index contributed by atoms with van der Waals surface area (Å²) in [5, 5.41) is 0.963. The summed E-state index contributed by atoms with van der Waals surface area (Å²) in [7, 11) is 5.25. The lowest BCUT2D eigenvalue weighted by atomic mass is 10.1. The summed E-state index contributed by atoms with van der Waals surface area (Å²) in [6.07, 6.45) is 1.57. The van der Waals surface area contributed by atoms with Gasteiger partial charge in [0.1, 0.15) is 11.0 Å². The normalized spacial score (nSPS) is 10.8. The Kier molecular flexibility index (Phi) is 12.1. The zero-order valence-corrected chi connectivity index (χ0v) is 28.5. The molecule has 0 spiro atoms. The maximum Gasteiger partial charge on any atom is 0.254 e. The van der Waals surface area contributed by atoms with Crippen molar-refractivity contribution in [3.05, 3.63) is 142 Å². The Morgan fingerprint density at radius 1 is 0.723 bits per heavy atom. The summed E-state index contributed by atoms with van der Waals surface area (Å²) in [5.74, 6) is 2.76. The Morgan fingerprint density at radius 2 is 1.40 bits per heavy atom. The number of halogens is 1.